The zero-order valence-electron chi connectivity index (χ0n) is 15.1. The van der Waals surface area contributed by atoms with Crippen LogP contribution in [0.25, 0.3) is 11.1 Å². The summed E-state index contributed by atoms with van der Waals surface area (Å²) in [6.07, 6.45) is 2.07. The first kappa shape index (κ1) is 18.1. The Morgan fingerprint density at radius 3 is 2.71 bits per heavy atom. The maximum Gasteiger partial charge on any atom is 0.295 e. The number of aromatic nitrogens is 2. The fourth-order valence-corrected chi connectivity index (χ4v) is 3.34. The van der Waals surface area contributed by atoms with Gasteiger partial charge in [-0.1, -0.05) is 0 Å². The first-order valence-electron chi connectivity index (χ1n) is 8.77. The van der Waals surface area contributed by atoms with Crippen molar-refractivity contribution in [3.8, 4) is 5.75 Å². The lowest BCUT2D eigenvalue weighted by Crippen LogP contribution is -2.49. The lowest BCUT2D eigenvalue weighted by atomic mass is 10.2. The predicted octanol–water partition coefficient (Wildman–Crippen LogP) is 3.13. The number of furan rings is 1. The van der Waals surface area contributed by atoms with Crippen LogP contribution in [-0.4, -0.2) is 54.1 Å². The third kappa shape index (κ3) is 3.23. The molecule has 28 heavy (non-hydrogen) atoms. The molecule has 1 saturated heterocycles. The number of hydrogen-bond donors (Lipinski definition) is 0. The molecule has 146 valence electrons. The number of anilines is 1. The zero-order valence-corrected chi connectivity index (χ0v) is 15.1. The highest BCUT2D eigenvalue weighted by Gasteiger charge is 2.27. The van der Waals surface area contributed by atoms with Crippen molar-refractivity contribution >= 4 is 22.7 Å². The van der Waals surface area contributed by atoms with Crippen LogP contribution in [0.2, 0.25) is 0 Å². The molecule has 0 aliphatic carbocycles. The number of pyridine rings is 2. The SMILES string of the molecule is COc1ccncc1N1CCN(C(=O)c2ccnc3cc(C(F)F)oc23)CC1. The summed E-state index contributed by atoms with van der Waals surface area (Å²) >= 11 is 0. The van der Waals surface area contributed by atoms with E-state index >= 15 is 0 Å². The van der Waals surface area contributed by atoms with Crippen molar-refractivity contribution in [3.05, 3.63) is 48.1 Å². The molecule has 1 aliphatic heterocycles. The number of methoxy groups -OCH3 is 1. The van der Waals surface area contributed by atoms with E-state index in [0.717, 1.165) is 11.4 Å². The maximum atomic E-state index is 13.0. The van der Waals surface area contributed by atoms with E-state index in [9.17, 15) is 13.6 Å². The van der Waals surface area contributed by atoms with Crippen LogP contribution < -0.4 is 9.64 Å². The first-order chi connectivity index (χ1) is 13.6. The smallest absolute Gasteiger partial charge is 0.295 e. The summed E-state index contributed by atoms with van der Waals surface area (Å²) in [6.45, 7) is 2.15. The normalized spacial score (nSPS) is 14.7. The molecule has 0 radical (unpaired) electrons. The van der Waals surface area contributed by atoms with E-state index in [1.54, 1.807) is 30.5 Å². The molecule has 0 bridgehead atoms. The second-order valence-electron chi connectivity index (χ2n) is 6.35. The van der Waals surface area contributed by atoms with Crippen LogP contribution in [0.4, 0.5) is 14.5 Å². The van der Waals surface area contributed by atoms with Gasteiger partial charge in [0.25, 0.3) is 12.3 Å². The molecule has 0 unspecified atom stereocenters. The van der Waals surface area contributed by atoms with Gasteiger partial charge in [-0.2, -0.15) is 0 Å². The van der Waals surface area contributed by atoms with Crippen LogP contribution in [0, 0.1) is 0 Å². The van der Waals surface area contributed by atoms with Gasteiger partial charge in [-0.05, 0) is 6.07 Å². The topological polar surface area (TPSA) is 71.7 Å². The van der Waals surface area contributed by atoms with Crippen LogP contribution in [0.5, 0.6) is 5.75 Å². The second-order valence-corrected chi connectivity index (χ2v) is 6.35. The number of amides is 1. The summed E-state index contributed by atoms with van der Waals surface area (Å²) < 4.78 is 36.4. The third-order valence-electron chi connectivity index (χ3n) is 4.77. The molecular formula is C19H18F2N4O3. The summed E-state index contributed by atoms with van der Waals surface area (Å²) in [4.78, 5) is 24.9. The minimum absolute atomic E-state index is 0.0964. The van der Waals surface area contributed by atoms with Gasteiger partial charge in [0.2, 0.25) is 0 Å². The molecule has 0 aromatic carbocycles. The molecule has 3 aromatic heterocycles. The standard InChI is InChI=1S/C19H18F2N4O3/c1-27-15-3-4-22-11-14(15)24-6-8-25(9-7-24)19(26)12-2-5-23-13-10-16(18(20)21)28-17(12)13/h2-5,10-11,18H,6-9H2,1H3. The molecule has 1 aliphatic rings. The average Bonchev–Trinajstić information content (AvgIpc) is 3.18. The van der Waals surface area contributed by atoms with Crippen LogP contribution in [-0.2, 0) is 0 Å². The van der Waals surface area contributed by atoms with Crippen molar-refractivity contribution in [3.63, 3.8) is 0 Å². The molecule has 0 atom stereocenters. The van der Waals surface area contributed by atoms with Crippen molar-refractivity contribution in [1.82, 2.24) is 14.9 Å². The maximum absolute atomic E-state index is 13.0. The van der Waals surface area contributed by atoms with Crippen molar-refractivity contribution in [2.75, 3.05) is 38.2 Å². The minimum atomic E-state index is -2.75. The van der Waals surface area contributed by atoms with Crippen LogP contribution in [0.3, 0.4) is 0 Å². The Bertz CT molecular complexity index is 1000. The second kappa shape index (κ2) is 7.41. The summed E-state index contributed by atoms with van der Waals surface area (Å²) in [5, 5.41) is 0. The lowest BCUT2D eigenvalue weighted by molar-refractivity contribution is 0.0746. The number of rotatable bonds is 4. The fourth-order valence-electron chi connectivity index (χ4n) is 3.34. The van der Waals surface area contributed by atoms with E-state index < -0.39 is 12.2 Å². The van der Waals surface area contributed by atoms with Crippen LogP contribution in [0.15, 0.2) is 41.2 Å². The fraction of sp³-hybridized carbons (Fsp3) is 0.316. The molecule has 4 rings (SSSR count). The number of ether oxygens (including phenoxy) is 1. The Kier molecular flexibility index (Phi) is 4.81. The van der Waals surface area contributed by atoms with Crippen molar-refractivity contribution in [2.24, 2.45) is 0 Å². The largest absolute Gasteiger partial charge is 0.494 e. The molecule has 9 heteroatoms. The summed E-state index contributed by atoms with van der Waals surface area (Å²) in [6, 6.07) is 4.46. The number of piperazine rings is 1. The van der Waals surface area contributed by atoms with Crippen molar-refractivity contribution < 1.29 is 22.7 Å². The summed E-state index contributed by atoms with van der Waals surface area (Å²) in [7, 11) is 1.60. The third-order valence-corrected chi connectivity index (χ3v) is 4.77. The molecular weight excluding hydrogens is 370 g/mol. The highest BCUT2D eigenvalue weighted by atomic mass is 19.3. The van der Waals surface area contributed by atoms with E-state index in [4.69, 9.17) is 9.15 Å². The van der Waals surface area contributed by atoms with Gasteiger partial charge in [-0.3, -0.25) is 14.8 Å². The number of alkyl halides is 2. The van der Waals surface area contributed by atoms with Gasteiger partial charge in [0.05, 0.1) is 24.6 Å². The van der Waals surface area contributed by atoms with Gasteiger partial charge >= 0.3 is 0 Å². The van der Waals surface area contributed by atoms with Crippen LogP contribution in [0.1, 0.15) is 22.5 Å². The average molecular weight is 388 g/mol. The summed E-state index contributed by atoms with van der Waals surface area (Å²) in [5.41, 5.74) is 1.46. The van der Waals surface area contributed by atoms with Crippen LogP contribution >= 0.6 is 0 Å². The molecule has 0 spiro atoms. The van der Waals surface area contributed by atoms with E-state index in [1.165, 1.54) is 18.3 Å². The van der Waals surface area contributed by atoms with Gasteiger partial charge in [-0.25, -0.2) is 8.78 Å². The van der Waals surface area contributed by atoms with E-state index in [2.05, 4.69) is 14.9 Å². The number of hydrogen-bond acceptors (Lipinski definition) is 6. The highest BCUT2D eigenvalue weighted by molar-refractivity contribution is 6.04. The summed E-state index contributed by atoms with van der Waals surface area (Å²) in [5.74, 6) is -0.0302. The number of fused-ring (bicyclic) bond motifs is 1. The van der Waals surface area contributed by atoms with Gasteiger partial charge < -0.3 is 19.0 Å². The van der Waals surface area contributed by atoms with E-state index in [0.29, 0.717) is 26.2 Å². The monoisotopic (exact) mass is 388 g/mol. The Hall–Kier alpha value is -3.23. The molecule has 1 fully saturated rings. The molecule has 1 amide bonds. The Morgan fingerprint density at radius 1 is 1.21 bits per heavy atom. The minimum Gasteiger partial charge on any atom is -0.494 e. The Labute approximate surface area is 159 Å². The van der Waals surface area contributed by atoms with E-state index in [1.807, 2.05) is 0 Å². The van der Waals surface area contributed by atoms with Gasteiger partial charge in [0, 0.05) is 50.7 Å². The molecule has 0 N–H and O–H groups in total. The van der Waals surface area contributed by atoms with Gasteiger partial charge in [0.15, 0.2) is 11.3 Å². The van der Waals surface area contributed by atoms with Gasteiger partial charge in [0.1, 0.15) is 11.3 Å². The quantitative estimate of drug-likeness (QED) is 0.684. The highest BCUT2D eigenvalue weighted by Crippen LogP contribution is 2.30. The number of nitrogens with zero attached hydrogens (tertiary/aromatic N) is 4. The molecule has 3 aromatic rings. The molecule has 0 saturated carbocycles. The zero-order chi connectivity index (χ0) is 19.7. The molecule has 4 heterocycles. The van der Waals surface area contributed by atoms with Crippen molar-refractivity contribution in [1.29, 1.82) is 0 Å². The number of halogens is 2. The lowest BCUT2D eigenvalue weighted by Gasteiger charge is -2.36. The number of carbonyl (C=O) groups excluding carboxylic acids is 1. The Balaban J connectivity index is 1.52. The van der Waals surface area contributed by atoms with Gasteiger partial charge in [-0.15, -0.1) is 0 Å². The molecule has 7 nitrogen and oxygen atoms in total. The predicted molar refractivity (Wildman–Crippen MR) is 97.9 cm³/mol. The first-order valence-corrected chi connectivity index (χ1v) is 8.77. The Morgan fingerprint density at radius 2 is 2.00 bits per heavy atom. The van der Waals surface area contributed by atoms with E-state index in [-0.39, 0.29) is 22.6 Å². The van der Waals surface area contributed by atoms with Crippen molar-refractivity contribution in [2.45, 2.75) is 6.43 Å². The number of carbonyl (C=O) groups is 1.